The molecule has 7 nitrogen and oxygen atoms in total. The van der Waals surface area contributed by atoms with Crippen molar-refractivity contribution in [3.8, 4) is 0 Å². The van der Waals surface area contributed by atoms with Crippen molar-refractivity contribution in [2.24, 2.45) is 5.92 Å². The van der Waals surface area contributed by atoms with Crippen molar-refractivity contribution in [1.29, 1.82) is 0 Å². The number of carbonyl (C=O) groups excluding carboxylic acids is 1. The maximum absolute atomic E-state index is 13.0. The lowest BCUT2D eigenvalue weighted by Gasteiger charge is -2.44. The zero-order valence-corrected chi connectivity index (χ0v) is 22.3. The fourth-order valence-electron chi connectivity index (χ4n) is 5.38. The van der Waals surface area contributed by atoms with Gasteiger partial charge < -0.3 is 24.4 Å². The third-order valence-corrected chi connectivity index (χ3v) is 9.45. The Morgan fingerprint density at radius 3 is 2.62 bits per heavy atom. The Bertz CT molecular complexity index is 1020. The van der Waals surface area contributed by atoms with Gasteiger partial charge in [-0.3, -0.25) is 4.79 Å². The first kappa shape index (κ1) is 23.8. The molecule has 0 spiro atoms. The number of fused-ring (bicyclic) bond motifs is 3. The average Bonchev–Trinajstić information content (AvgIpc) is 3.55. The molecule has 1 amide bonds. The molecular formula is C26H41N5O2Si. The Balaban J connectivity index is 1.33. The highest BCUT2D eigenvalue weighted by Gasteiger charge is 2.35. The topological polar surface area (TPSA) is 62.6 Å². The number of ether oxygens (including phenoxy) is 1. The summed E-state index contributed by atoms with van der Waals surface area (Å²) >= 11 is 0. The van der Waals surface area contributed by atoms with Crippen LogP contribution in [0.5, 0.6) is 0 Å². The number of aromatic nitrogens is 2. The van der Waals surface area contributed by atoms with Crippen LogP contribution < -0.4 is 10.2 Å². The normalized spacial score (nSPS) is 23.6. The van der Waals surface area contributed by atoms with E-state index in [0.717, 1.165) is 46.9 Å². The molecular weight excluding hydrogens is 442 g/mol. The molecule has 2 saturated carbocycles. The molecule has 2 aromatic rings. The van der Waals surface area contributed by atoms with Crippen LogP contribution in [-0.4, -0.2) is 67.4 Å². The van der Waals surface area contributed by atoms with E-state index in [9.17, 15) is 4.79 Å². The van der Waals surface area contributed by atoms with Crippen LogP contribution in [0, 0.1) is 5.92 Å². The number of nitrogens with zero attached hydrogens (tertiary/aromatic N) is 4. The smallest absolute Gasteiger partial charge is 0.258 e. The van der Waals surface area contributed by atoms with E-state index in [-0.39, 0.29) is 5.91 Å². The lowest BCUT2D eigenvalue weighted by Crippen LogP contribution is -2.50. The van der Waals surface area contributed by atoms with Crippen LogP contribution in [0.1, 0.15) is 48.9 Å². The summed E-state index contributed by atoms with van der Waals surface area (Å²) in [6.45, 7) is 10.2. The van der Waals surface area contributed by atoms with Crippen LogP contribution in [0.2, 0.25) is 25.7 Å². The van der Waals surface area contributed by atoms with Crippen LogP contribution in [-0.2, 0) is 11.5 Å². The monoisotopic (exact) mass is 483 g/mol. The van der Waals surface area contributed by atoms with E-state index in [4.69, 9.17) is 9.72 Å². The Kier molecular flexibility index (Phi) is 6.74. The molecule has 2 aliphatic carbocycles. The predicted molar refractivity (Wildman–Crippen MR) is 140 cm³/mol. The Morgan fingerprint density at radius 1 is 1.15 bits per heavy atom. The highest BCUT2D eigenvalue weighted by Crippen LogP contribution is 2.39. The Labute approximate surface area is 204 Å². The minimum Gasteiger partial charge on any atom is -0.361 e. The molecule has 0 atom stereocenters. The highest BCUT2D eigenvalue weighted by atomic mass is 28.3. The summed E-state index contributed by atoms with van der Waals surface area (Å²) in [6.07, 6.45) is 11.4. The summed E-state index contributed by atoms with van der Waals surface area (Å²) in [4.78, 5) is 22.1. The number of amides is 1. The number of anilines is 1. The molecule has 3 heterocycles. The van der Waals surface area contributed by atoms with Crippen LogP contribution in [0.25, 0.3) is 11.0 Å². The second-order valence-electron chi connectivity index (χ2n) is 11.9. The van der Waals surface area contributed by atoms with Gasteiger partial charge in [0.25, 0.3) is 5.91 Å². The van der Waals surface area contributed by atoms with Gasteiger partial charge >= 0.3 is 0 Å². The van der Waals surface area contributed by atoms with Crippen molar-refractivity contribution in [1.82, 2.24) is 19.8 Å². The van der Waals surface area contributed by atoms with E-state index >= 15 is 0 Å². The zero-order chi connectivity index (χ0) is 23.9. The fraction of sp³-hybridized carbons (Fsp3) is 0.692. The Morgan fingerprint density at radius 2 is 1.91 bits per heavy atom. The molecule has 3 aliphatic rings. The minimum atomic E-state index is -1.11. The van der Waals surface area contributed by atoms with Crippen molar-refractivity contribution in [3.05, 3.63) is 24.0 Å². The molecule has 0 saturated heterocycles. The number of pyridine rings is 1. The van der Waals surface area contributed by atoms with Crippen molar-refractivity contribution < 1.29 is 9.53 Å². The van der Waals surface area contributed by atoms with E-state index < -0.39 is 8.07 Å². The number of carbonyl (C=O) groups is 1. The minimum absolute atomic E-state index is 0.0714. The van der Waals surface area contributed by atoms with Crippen molar-refractivity contribution in [2.45, 2.75) is 83.0 Å². The van der Waals surface area contributed by atoms with Gasteiger partial charge in [0.15, 0.2) is 0 Å². The van der Waals surface area contributed by atoms with E-state index in [2.05, 4.69) is 46.7 Å². The first-order valence-electron chi connectivity index (χ1n) is 13.1. The zero-order valence-electron chi connectivity index (χ0n) is 21.3. The summed E-state index contributed by atoms with van der Waals surface area (Å²) < 4.78 is 8.09. The van der Waals surface area contributed by atoms with Gasteiger partial charge in [-0.25, -0.2) is 4.98 Å². The van der Waals surface area contributed by atoms with Crippen LogP contribution in [0.4, 0.5) is 5.69 Å². The van der Waals surface area contributed by atoms with Gasteiger partial charge in [-0.15, -0.1) is 0 Å². The summed E-state index contributed by atoms with van der Waals surface area (Å²) in [6, 6.07) is 4.53. The molecule has 34 heavy (non-hydrogen) atoms. The number of nitrogens with one attached hydrogen (secondary N) is 1. The van der Waals surface area contributed by atoms with Gasteiger partial charge in [-0.05, 0) is 63.1 Å². The first-order valence-corrected chi connectivity index (χ1v) is 16.8. The Hall–Kier alpha value is -1.90. The van der Waals surface area contributed by atoms with E-state index in [1.165, 1.54) is 45.1 Å². The summed E-state index contributed by atoms with van der Waals surface area (Å²) in [7, 11) is 0.797. The molecule has 1 aliphatic heterocycles. The van der Waals surface area contributed by atoms with Gasteiger partial charge in [0.1, 0.15) is 12.4 Å². The van der Waals surface area contributed by atoms with Gasteiger partial charge in [-0.1, -0.05) is 19.6 Å². The lowest BCUT2D eigenvalue weighted by molar-refractivity contribution is 0.0774. The van der Waals surface area contributed by atoms with Gasteiger partial charge in [0.05, 0.1) is 17.9 Å². The van der Waals surface area contributed by atoms with E-state index in [1.54, 1.807) is 6.20 Å². The van der Waals surface area contributed by atoms with Crippen LogP contribution >= 0.6 is 0 Å². The summed E-state index contributed by atoms with van der Waals surface area (Å²) in [5.41, 5.74) is 2.72. The molecule has 8 heteroatoms. The fourth-order valence-corrected chi connectivity index (χ4v) is 6.14. The molecule has 5 rings (SSSR count). The molecule has 2 fully saturated rings. The van der Waals surface area contributed by atoms with Gasteiger partial charge in [0.2, 0.25) is 0 Å². The third kappa shape index (κ3) is 5.19. The number of hydrogen-bond donors (Lipinski definition) is 1. The predicted octanol–water partition coefficient (Wildman–Crippen LogP) is 4.51. The average molecular weight is 484 g/mol. The first-order chi connectivity index (χ1) is 16.3. The standard InChI is InChI=1S/C26H41N5O2Si/c1-29-17-31(21-9-5-19(6-10-21)15-27-20-7-8-20)24-22-11-12-30(18-33-13-14-34(2,3)4)25(22)28-16-23(24)26(29)32/h11-12,16,19-21,27H,5-10,13-15,17-18H2,1-4H3/t19-,21-. The van der Waals surface area contributed by atoms with Crippen LogP contribution in [0.15, 0.2) is 18.5 Å². The molecule has 1 N–H and O–H groups in total. The maximum Gasteiger partial charge on any atom is 0.258 e. The highest BCUT2D eigenvalue weighted by molar-refractivity contribution is 6.76. The van der Waals surface area contributed by atoms with Gasteiger partial charge in [0, 0.05) is 51.6 Å². The lowest BCUT2D eigenvalue weighted by atomic mass is 9.84. The van der Waals surface area contributed by atoms with E-state index in [1.807, 2.05) is 11.9 Å². The SMILES string of the molecule is CN1CN([C@H]2CC[C@H](CNC3CC3)CC2)c2c(cnc3c2ccn3COCC[Si](C)(C)C)C1=O. The molecule has 0 unspecified atom stereocenters. The second kappa shape index (κ2) is 9.63. The summed E-state index contributed by atoms with van der Waals surface area (Å²) in [5, 5.41) is 4.79. The van der Waals surface area contributed by atoms with Crippen molar-refractivity contribution in [3.63, 3.8) is 0 Å². The maximum atomic E-state index is 13.0. The molecule has 0 aromatic carbocycles. The number of rotatable bonds is 9. The molecule has 0 radical (unpaired) electrons. The number of hydrogen-bond acceptors (Lipinski definition) is 5. The largest absolute Gasteiger partial charge is 0.361 e. The second-order valence-corrected chi connectivity index (χ2v) is 17.5. The summed E-state index contributed by atoms with van der Waals surface area (Å²) in [5.74, 6) is 0.856. The third-order valence-electron chi connectivity index (χ3n) is 7.75. The van der Waals surface area contributed by atoms with Crippen LogP contribution in [0.3, 0.4) is 0 Å². The molecule has 186 valence electrons. The molecule has 0 bridgehead atoms. The van der Waals surface area contributed by atoms with E-state index in [0.29, 0.717) is 19.4 Å². The van der Waals surface area contributed by atoms with Crippen molar-refractivity contribution >= 4 is 30.7 Å². The quantitative estimate of drug-likeness (QED) is 0.420. The molecule has 2 aromatic heterocycles. The van der Waals surface area contributed by atoms with Crippen molar-refractivity contribution in [2.75, 3.05) is 31.8 Å². The van der Waals surface area contributed by atoms with Gasteiger partial charge in [-0.2, -0.15) is 0 Å².